The average molecular weight is 326 g/mol. The maximum absolute atomic E-state index is 11.6. The van der Waals surface area contributed by atoms with E-state index in [4.69, 9.17) is 22.1 Å². The Morgan fingerprint density at radius 3 is 2.57 bits per heavy atom. The van der Waals surface area contributed by atoms with E-state index in [0.29, 0.717) is 29.5 Å². The molecule has 0 aliphatic heterocycles. The van der Waals surface area contributed by atoms with Crippen LogP contribution in [0.4, 0.5) is 0 Å². The number of halogens is 1. The molecule has 0 aliphatic carbocycles. The molecule has 0 saturated carbocycles. The number of ether oxygens (including phenoxy) is 1. The van der Waals surface area contributed by atoms with Crippen LogP contribution in [0.2, 0.25) is 5.02 Å². The molecule has 2 N–H and O–H groups in total. The molecule has 112 valence electrons. The summed E-state index contributed by atoms with van der Waals surface area (Å²) in [5.74, 6) is 1.03. The molecule has 2 aromatic carbocycles. The van der Waals surface area contributed by atoms with E-state index in [9.17, 15) is 8.42 Å². The molecule has 0 aromatic heterocycles. The van der Waals surface area contributed by atoms with Gasteiger partial charge in [0.2, 0.25) is 0 Å². The Labute approximate surface area is 129 Å². The highest BCUT2D eigenvalue weighted by Gasteiger charge is 2.11. The van der Waals surface area contributed by atoms with E-state index in [0.717, 1.165) is 11.8 Å². The molecule has 0 amide bonds. The van der Waals surface area contributed by atoms with Gasteiger partial charge in [-0.2, -0.15) is 0 Å². The van der Waals surface area contributed by atoms with Gasteiger partial charge in [0, 0.05) is 16.8 Å². The number of benzene rings is 2. The molecule has 0 atom stereocenters. The van der Waals surface area contributed by atoms with Crippen LogP contribution in [0, 0.1) is 0 Å². The van der Waals surface area contributed by atoms with Crippen molar-refractivity contribution >= 4 is 21.4 Å². The highest BCUT2D eigenvalue weighted by Crippen LogP contribution is 2.31. The minimum atomic E-state index is -3.27. The first kappa shape index (κ1) is 15.8. The van der Waals surface area contributed by atoms with Gasteiger partial charge < -0.3 is 10.5 Å². The molecule has 6 heteroatoms. The summed E-state index contributed by atoms with van der Waals surface area (Å²) in [7, 11) is -3.27. The molecular formula is C15H16ClNO3S. The van der Waals surface area contributed by atoms with E-state index in [1.165, 1.54) is 12.1 Å². The summed E-state index contributed by atoms with van der Waals surface area (Å²) in [5.41, 5.74) is 6.39. The van der Waals surface area contributed by atoms with E-state index >= 15 is 0 Å². The zero-order valence-electron chi connectivity index (χ0n) is 11.5. The van der Waals surface area contributed by atoms with E-state index in [1.54, 1.807) is 30.3 Å². The molecule has 4 nitrogen and oxygen atoms in total. The molecule has 2 aromatic rings. The molecular weight excluding hydrogens is 310 g/mol. The Morgan fingerprint density at radius 2 is 1.90 bits per heavy atom. The van der Waals surface area contributed by atoms with Crippen LogP contribution >= 0.6 is 11.6 Å². The van der Waals surface area contributed by atoms with Crippen LogP contribution in [-0.4, -0.2) is 21.2 Å². The maximum atomic E-state index is 11.6. The van der Waals surface area contributed by atoms with Crippen molar-refractivity contribution in [3.8, 4) is 11.5 Å². The monoisotopic (exact) mass is 325 g/mol. The third kappa shape index (κ3) is 3.97. The number of hydrogen-bond acceptors (Lipinski definition) is 4. The van der Waals surface area contributed by atoms with Gasteiger partial charge in [0.25, 0.3) is 0 Å². The highest BCUT2D eigenvalue weighted by atomic mass is 35.5. The Bertz CT molecular complexity index is 744. The van der Waals surface area contributed by atoms with Gasteiger partial charge in [-0.25, -0.2) is 8.42 Å². The smallest absolute Gasteiger partial charge is 0.175 e. The maximum Gasteiger partial charge on any atom is 0.175 e. The zero-order valence-corrected chi connectivity index (χ0v) is 13.1. The minimum Gasteiger partial charge on any atom is -0.457 e. The first-order chi connectivity index (χ1) is 9.91. The van der Waals surface area contributed by atoms with Crippen LogP contribution in [0.1, 0.15) is 5.56 Å². The number of nitrogens with two attached hydrogens (primary N) is 1. The van der Waals surface area contributed by atoms with E-state index < -0.39 is 9.84 Å². The van der Waals surface area contributed by atoms with E-state index in [-0.39, 0.29) is 4.90 Å². The number of sulfone groups is 1. The van der Waals surface area contributed by atoms with Crippen LogP contribution in [0.5, 0.6) is 11.5 Å². The lowest BCUT2D eigenvalue weighted by Gasteiger charge is -2.12. The average Bonchev–Trinajstić information content (AvgIpc) is 2.42. The Hall–Kier alpha value is -1.56. The molecule has 0 bridgehead atoms. The minimum absolute atomic E-state index is 0.211. The quantitative estimate of drug-likeness (QED) is 0.917. The predicted octanol–water partition coefficient (Wildman–Crippen LogP) is 3.04. The van der Waals surface area contributed by atoms with Crippen LogP contribution in [0.25, 0.3) is 0 Å². The predicted molar refractivity (Wildman–Crippen MR) is 83.8 cm³/mol. The van der Waals surface area contributed by atoms with E-state index in [1.807, 2.05) is 0 Å². The van der Waals surface area contributed by atoms with Crippen molar-refractivity contribution in [2.45, 2.75) is 11.3 Å². The fourth-order valence-corrected chi connectivity index (χ4v) is 2.83. The summed E-state index contributed by atoms with van der Waals surface area (Å²) in [4.78, 5) is 0.211. The standard InChI is InChI=1S/C15H16ClNO3S/c1-21(18,19)12-5-2-4-11(10-12)20-15-7-3-6-14(16)13(15)8-9-17/h2-7,10H,8-9,17H2,1H3. The van der Waals surface area contributed by atoms with Crippen LogP contribution < -0.4 is 10.5 Å². The van der Waals surface area contributed by atoms with Crippen molar-refractivity contribution < 1.29 is 13.2 Å². The number of hydrogen-bond donors (Lipinski definition) is 1. The van der Waals surface area contributed by atoms with Gasteiger partial charge in [-0.3, -0.25) is 0 Å². The second-order valence-electron chi connectivity index (χ2n) is 4.60. The van der Waals surface area contributed by atoms with Gasteiger partial charge in [-0.15, -0.1) is 0 Å². The summed E-state index contributed by atoms with van der Waals surface area (Å²) in [6, 6.07) is 11.7. The zero-order chi connectivity index (χ0) is 15.5. The van der Waals surface area contributed by atoms with Crippen molar-refractivity contribution in [3.63, 3.8) is 0 Å². The van der Waals surface area contributed by atoms with Crippen molar-refractivity contribution in [3.05, 3.63) is 53.1 Å². The largest absolute Gasteiger partial charge is 0.457 e. The summed E-state index contributed by atoms with van der Waals surface area (Å²) in [6.07, 6.45) is 1.74. The lowest BCUT2D eigenvalue weighted by atomic mass is 10.1. The summed E-state index contributed by atoms with van der Waals surface area (Å²) in [6.45, 7) is 0.448. The molecule has 0 spiro atoms. The lowest BCUT2D eigenvalue weighted by molar-refractivity contribution is 0.474. The first-order valence-electron chi connectivity index (χ1n) is 6.37. The van der Waals surface area contributed by atoms with Crippen molar-refractivity contribution in [1.29, 1.82) is 0 Å². The molecule has 2 rings (SSSR count). The van der Waals surface area contributed by atoms with Crippen molar-refractivity contribution in [2.75, 3.05) is 12.8 Å². The van der Waals surface area contributed by atoms with E-state index in [2.05, 4.69) is 0 Å². The highest BCUT2D eigenvalue weighted by molar-refractivity contribution is 7.90. The SMILES string of the molecule is CS(=O)(=O)c1cccc(Oc2cccc(Cl)c2CCN)c1. The Kier molecular flexibility index (Phi) is 4.88. The molecule has 0 saturated heterocycles. The second kappa shape index (κ2) is 6.47. The summed E-state index contributed by atoms with van der Waals surface area (Å²) in [5, 5.41) is 0.581. The normalized spacial score (nSPS) is 11.4. The van der Waals surface area contributed by atoms with Crippen LogP contribution in [0.15, 0.2) is 47.4 Å². The van der Waals surface area contributed by atoms with Gasteiger partial charge in [0.15, 0.2) is 9.84 Å². The van der Waals surface area contributed by atoms with Crippen LogP contribution in [-0.2, 0) is 16.3 Å². The van der Waals surface area contributed by atoms with Gasteiger partial charge in [0.1, 0.15) is 11.5 Å². The molecule has 0 aliphatic rings. The van der Waals surface area contributed by atoms with Gasteiger partial charge >= 0.3 is 0 Å². The second-order valence-corrected chi connectivity index (χ2v) is 7.03. The lowest BCUT2D eigenvalue weighted by Crippen LogP contribution is -2.05. The molecule has 0 heterocycles. The summed E-state index contributed by atoms with van der Waals surface area (Å²) >= 11 is 6.15. The fraction of sp³-hybridized carbons (Fsp3) is 0.200. The fourth-order valence-electron chi connectivity index (χ4n) is 1.92. The topological polar surface area (TPSA) is 69.4 Å². The van der Waals surface area contributed by atoms with Crippen LogP contribution in [0.3, 0.4) is 0 Å². The molecule has 0 fully saturated rings. The van der Waals surface area contributed by atoms with Gasteiger partial charge in [-0.1, -0.05) is 23.7 Å². The molecule has 0 unspecified atom stereocenters. The third-order valence-electron chi connectivity index (χ3n) is 2.93. The first-order valence-corrected chi connectivity index (χ1v) is 8.64. The van der Waals surface area contributed by atoms with Crippen molar-refractivity contribution in [2.24, 2.45) is 5.73 Å². The van der Waals surface area contributed by atoms with Gasteiger partial charge in [0.05, 0.1) is 4.90 Å². The third-order valence-corrected chi connectivity index (χ3v) is 4.40. The van der Waals surface area contributed by atoms with Crippen molar-refractivity contribution in [1.82, 2.24) is 0 Å². The molecule has 21 heavy (non-hydrogen) atoms. The number of rotatable bonds is 5. The van der Waals surface area contributed by atoms with Gasteiger partial charge in [-0.05, 0) is 43.3 Å². The Morgan fingerprint density at radius 1 is 1.19 bits per heavy atom. The Balaban J connectivity index is 2.37. The summed E-state index contributed by atoms with van der Waals surface area (Å²) < 4.78 is 28.9. The molecule has 0 radical (unpaired) electrons.